The smallest absolute Gasteiger partial charge is 0.271 e. The van der Waals surface area contributed by atoms with Crippen LogP contribution < -0.4 is 20.7 Å². The predicted molar refractivity (Wildman–Crippen MR) is 127 cm³/mol. The molecule has 9 nitrogen and oxygen atoms in total. The van der Waals surface area contributed by atoms with Crippen molar-refractivity contribution < 1.29 is 14.5 Å². The number of aromatic nitrogens is 1. The third kappa shape index (κ3) is 5.55. The second-order valence-electron chi connectivity index (χ2n) is 6.87. The SMILES string of the molecule is CNC(=O)c1cc(Oc2ccc(NC(=S)Nc3cc([N+](=O)[O-])ccc3C)c(C)c2)ccn1. The second-order valence-corrected chi connectivity index (χ2v) is 7.28. The van der Waals surface area contributed by atoms with E-state index in [-0.39, 0.29) is 17.3 Å². The lowest BCUT2D eigenvalue weighted by molar-refractivity contribution is -0.384. The van der Waals surface area contributed by atoms with Gasteiger partial charge < -0.3 is 20.7 Å². The normalized spacial score (nSPS) is 10.2. The molecule has 10 heteroatoms. The van der Waals surface area contributed by atoms with Gasteiger partial charge in [0, 0.05) is 42.8 Å². The summed E-state index contributed by atoms with van der Waals surface area (Å²) in [5.41, 5.74) is 3.23. The summed E-state index contributed by atoms with van der Waals surface area (Å²) in [4.78, 5) is 26.3. The summed E-state index contributed by atoms with van der Waals surface area (Å²) in [6.45, 7) is 3.72. The molecule has 1 heterocycles. The molecule has 3 aromatic rings. The van der Waals surface area contributed by atoms with Crippen LogP contribution in [-0.2, 0) is 0 Å². The van der Waals surface area contributed by atoms with Gasteiger partial charge in [-0.1, -0.05) is 6.07 Å². The molecule has 3 N–H and O–H groups in total. The van der Waals surface area contributed by atoms with Gasteiger partial charge >= 0.3 is 0 Å². The summed E-state index contributed by atoms with van der Waals surface area (Å²) >= 11 is 5.37. The van der Waals surface area contributed by atoms with Crippen molar-refractivity contribution in [2.45, 2.75) is 13.8 Å². The summed E-state index contributed by atoms with van der Waals surface area (Å²) < 4.78 is 5.84. The number of non-ortho nitro benzene ring substituents is 1. The lowest BCUT2D eigenvalue weighted by Gasteiger charge is -2.15. The van der Waals surface area contributed by atoms with E-state index in [4.69, 9.17) is 17.0 Å². The van der Waals surface area contributed by atoms with Gasteiger partial charge in [-0.05, 0) is 61.5 Å². The third-order valence-electron chi connectivity index (χ3n) is 4.55. The number of nitro groups is 1. The number of pyridine rings is 1. The van der Waals surface area contributed by atoms with Gasteiger partial charge in [-0.25, -0.2) is 0 Å². The number of nitro benzene ring substituents is 1. The lowest BCUT2D eigenvalue weighted by atomic mass is 10.2. The number of nitrogens with zero attached hydrogens (tertiary/aromatic N) is 2. The van der Waals surface area contributed by atoms with Gasteiger partial charge in [-0.2, -0.15) is 0 Å². The zero-order chi connectivity index (χ0) is 23.3. The Morgan fingerprint density at radius 1 is 1.00 bits per heavy atom. The van der Waals surface area contributed by atoms with Gasteiger partial charge in [0.2, 0.25) is 0 Å². The van der Waals surface area contributed by atoms with Gasteiger partial charge in [0.1, 0.15) is 17.2 Å². The molecule has 1 amide bonds. The molecule has 164 valence electrons. The Kier molecular flexibility index (Phi) is 6.96. The molecular formula is C22H21N5O4S. The maximum atomic E-state index is 11.7. The average Bonchev–Trinajstić information content (AvgIpc) is 2.76. The maximum Gasteiger partial charge on any atom is 0.271 e. The van der Waals surface area contributed by atoms with E-state index in [0.29, 0.717) is 22.3 Å². The fourth-order valence-electron chi connectivity index (χ4n) is 2.84. The molecule has 0 aliphatic heterocycles. The summed E-state index contributed by atoms with van der Waals surface area (Å²) in [5, 5.41) is 19.9. The van der Waals surface area contributed by atoms with Crippen LogP contribution in [0.25, 0.3) is 0 Å². The van der Waals surface area contributed by atoms with E-state index in [1.807, 2.05) is 19.9 Å². The van der Waals surface area contributed by atoms with E-state index >= 15 is 0 Å². The molecule has 0 spiro atoms. The summed E-state index contributed by atoms with van der Waals surface area (Å²) in [7, 11) is 1.53. The zero-order valence-corrected chi connectivity index (χ0v) is 18.4. The number of thiocarbonyl (C=S) groups is 1. The molecule has 0 saturated carbocycles. The monoisotopic (exact) mass is 451 g/mol. The Morgan fingerprint density at radius 2 is 1.72 bits per heavy atom. The van der Waals surface area contributed by atoms with Gasteiger partial charge in [0.25, 0.3) is 11.6 Å². The summed E-state index contributed by atoms with van der Waals surface area (Å²) in [5.74, 6) is 0.763. The van der Waals surface area contributed by atoms with E-state index in [2.05, 4.69) is 20.9 Å². The number of hydrogen-bond acceptors (Lipinski definition) is 6. The van der Waals surface area contributed by atoms with Crippen molar-refractivity contribution in [2.24, 2.45) is 0 Å². The molecule has 0 unspecified atom stereocenters. The third-order valence-corrected chi connectivity index (χ3v) is 4.76. The molecule has 2 aromatic carbocycles. The molecule has 0 aliphatic rings. The van der Waals surface area contributed by atoms with E-state index < -0.39 is 4.92 Å². The number of rotatable bonds is 6. The topological polar surface area (TPSA) is 118 Å². The predicted octanol–water partition coefficient (Wildman–Crippen LogP) is 4.57. The van der Waals surface area contributed by atoms with Gasteiger partial charge in [-0.3, -0.25) is 19.9 Å². The number of ether oxygens (including phenoxy) is 1. The summed E-state index contributed by atoms with van der Waals surface area (Å²) in [6, 6.07) is 13.2. The number of nitrogens with one attached hydrogen (secondary N) is 3. The standard InChI is InChI=1S/C22H21N5O4S/c1-13-4-5-15(27(29)30)11-19(13)26-22(32)25-18-7-6-16(10-14(18)2)31-17-8-9-24-20(12-17)21(28)23-3/h4-12H,1-3H3,(H,23,28)(H2,25,26,32). The van der Waals surface area contributed by atoms with Crippen molar-refractivity contribution in [1.82, 2.24) is 10.3 Å². The van der Waals surface area contributed by atoms with Crippen molar-refractivity contribution in [2.75, 3.05) is 17.7 Å². The van der Waals surface area contributed by atoms with E-state index in [1.54, 1.807) is 30.3 Å². The van der Waals surface area contributed by atoms with Crippen LogP contribution in [0.15, 0.2) is 54.7 Å². The van der Waals surface area contributed by atoms with E-state index in [1.165, 1.54) is 25.4 Å². The fraction of sp³-hybridized carbons (Fsp3) is 0.136. The molecule has 0 atom stereocenters. The minimum Gasteiger partial charge on any atom is -0.457 e. The number of anilines is 2. The molecule has 0 aliphatic carbocycles. The molecule has 0 saturated heterocycles. The van der Waals surface area contributed by atoms with Crippen LogP contribution in [0.3, 0.4) is 0 Å². The fourth-order valence-corrected chi connectivity index (χ4v) is 3.06. The van der Waals surface area contributed by atoms with Crippen LogP contribution >= 0.6 is 12.2 Å². The quantitative estimate of drug-likeness (QED) is 0.283. The van der Waals surface area contributed by atoms with Crippen LogP contribution in [-0.4, -0.2) is 28.0 Å². The average molecular weight is 452 g/mol. The maximum absolute atomic E-state index is 11.7. The Labute approximate surface area is 190 Å². The highest BCUT2D eigenvalue weighted by Crippen LogP contribution is 2.27. The Balaban J connectivity index is 1.69. The number of hydrogen-bond donors (Lipinski definition) is 3. The van der Waals surface area contributed by atoms with Crippen molar-refractivity contribution in [3.63, 3.8) is 0 Å². The van der Waals surface area contributed by atoms with Crippen LogP contribution in [0, 0.1) is 24.0 Å². The first-order valence-electron chi connectivity index (χ1n) is 9.56. The summed E-state index contributed by atoms with van der Waals surface area (Å²) in [6.07, 6.45) is 1.50. The van der Waals surface area contributed by atoms with Gasteiger partial charge in [0.15, 0.2) is 5.11 Å². The van der Waals surface area contributed by atoms with Crippen LogP contribution in [0.4, 0.5) is 17.1 Å². The number of carbonyl (C=O) groups excluding carboxylic acids is 1. The highest BCUT2D eigenvalue weighted by molar-refractivity contribution is 7.80. The first-order chi connectivity index (χ1) is 15.3. The number of benzene rings is 2. The van der Waals surface area contributed by atoms with Crippen molar-refractivity contribution >= 4 is 40.3 Å². The molecule has 0 radical (unpaired) electrons. The van der Waals surface area contributed by atoms with E-state index in [0.717, 1.165) is 16.8 Å². The molecular weight excluding hydrogens is 430 g/mol. The van der Waals surface area contributed by atoms with E-state index in [9.17, 15) is 14.9 Å². The highest BCUT2D eigenvalue weighted by Gasteiger charge is 2.11. The Bertz CT molecular complexity index is 1200. The van der Waals surface area contributed by atoms with Crippen LogP contribution in [0.2, 0.25) is 0 Å². The molecule has 32 heavy (non-hydrogen) atoms. The Morgan fingerprint density at radius 3 is 2.41 bits per heavy atom. The number of aryl methyl sites for hydroxylation is 2. The second kappa shape index (κ2) is 9.84. The van der Waals surface area contributed by atoms with Gasteiger partial charge in [-0.15, -0.1) is 0 Å². The first-order valence-corrected chi connectivity index (χ1v) is 9.97. The molecule has 0 bridgehead atoms. The van der Waals surface area contributed by atoms with Crippen molar-refractivity contribution in [3.8, 4) is 11.5 Å². The van der Waals surface area contributed by atoms with Crippen LogP contribution in [0.5, 0.6) is 11.5 Å². The van der Waals surface area contributed by atoms with Crippen LogP contribution in [0.1, 0.15) is 21.6 Å². The first kappa shape index (κ1) is 22.6. The Hall–Kier alpha value is -4.05. The largest absolute Gasteiger partial charge is 0.457 e. The zero-order valence-electron chi connectivity index (χ0n) is 17.6. The highest BCUT2D eigenvalue weighted by atomic mass is 32.1. The molecule has 0 fully saturated rings. The number of amides is 1. The van der Waals surface area contributed by atoms with Gasteiger partial charge in [0.05, 0.1) is 4.92 Å². The minimum absolute atomic E-state index is 0.0192. The molecule has 3 rings (SSSR count). The number of carbonyl (C=O) groups is 1. The van der Waals surface area contributed by atoms with Crippen molar-refractivity contribution in [1.29, 1.82) is 0 Å². The molecule has 1 aromatic heterocycles. The van der Waals surface area contributed by atoms with Crippen molar-refractivity contribution in [3.05, 3.63) is 81.7 Å². The lowest BCUT2D eigenvalue weighted by Crippen LogP contribution is -2.20. The minimum atomic E-state index is -0.454.